The highest BCUT2D eigenvalue weighted by atomic mass is 15.2. The number of nitrogens with zero attached hydrogens (tertiary/aromatic N) is 4. The molecule has 0 amide bonds. The van der Waals surface area contributed by atoms with Crippen molar-refractivity contribution in [2.45, 2.75) is 19.3 Å². The van der Waals surface area contributed by atoms with Crippen LogP contribution in [0.25, 0.3) is 106 Å². The van der Waals surface area contributed by atoms with E-state index in [1.54, 1.807) is 0 Å². The monoisotopic (exact) mass is 818 g/mol. The quantitative estimate of drug-likeness (QED) is 0.161. The van der Waals surface area contributed by atoms with E-state index >= 15 is 0 Å². The Balaban J connectivity index is 1.20. The van der Waals surface area contributed by atoms with Gasteiger partial charge in [0, 0.05) is 27.3 Å². The second-order valence-electron chi connectivity index (χ2n) is 17.2. The van der Waals surface area contributed by atoms with Crippen LogP contribution in [-0.4, -0.2) is 19.5 Å². The van der Waals surface area contributed by atoms with E-state index in [1.165, 1.54) is 22.3 Å². The number of aromatic nitrogens is 4. The number of rotatable bonds is 7. The van der Waals surface area contributed by atoms with Crippen LogP contribution in [0.15, 0.2) is 218 Å². The summed E-state index contributed by atoms with van der Waals surface area (Å²) in [5.41, 5.74) is 17.9. The SMILES string of the molecule is CC1(C)c2ccccc2-c2cc3c4c(-c5ccccc5)cc(-c5ccccc5)cc4n(-c4nc(-c5cccc(-c6ccccc6)c5)nc(-c5cccc(-c6ccccc6)c5)n4)c3cc21. The van der Waals surface area contributed by atoms with Gasteiger partial charge in [-0.25, -0.2) is 4.98 Å². The number of fused-ring (bicyclic) bond motifs is 6. The lowest BCUT2D eigenvalue weighted by molar-refractivity contribution is 0.661. The highest BCUT2D eigenvalue weighted by molar-refractivity contribution is 6.18. The van der Waals surface area contributed by atoms with Crippen LogP contribution >= 0.6 is 0 Å². The smallest absolute Gasteiger partial charge is 0.238 e. The first kappa shape index (κ1) is 37.5. The molecule has 12 rings (SSSR count). The first-order valence-electron chi connectivity index (χ1n) is 21.9. The van der Waals surface area contributed by atoms with Gasteiger partial charge in [0.05, 0.1) is 11.0 Å². The molecular formula is C60H42N4. The molecule has 2 aromatic heterocycles. The first-order valence-corrected chi connectivity index (χ1v) is 21.9. The van der Waals surface area contributed by atoms with Crippen LogP contribution in [0.3, 0.4) is 0 Å². The fourth-order valence-electron chi connectivity index (χ4n) is 9.86. The molecule has 0 aliphatic heterocycles. The predicted octanol–water partition coefficient (Wildman–Crippen LogP) is 15.3. The molecule has 0 N–H and O–H groups in total. The summed E-state index contributed by atoms with van der Waals surface area (Å²) in [5, 5.41) is 2.31. The van der Waals surface area contributed by atoms with Crippen molar-refractivity contribution in [1.82, 2.24) is 19.5 Å². The van der Waals surface area contributed by atoms with Crippen molar-refractivity contribution in [3.05, 3.63) is 230 Å². The van der Waals surface area contributed by atoms with Crippen molar-refractivity contribution in [2.24, 2.45) is 0 Å². The van der Waals surface area contributed by atoms with Gasteiger partial charge in [-0.1, -0.05) is 196 Å². The molecule has 1 aliphatic carbocycles. The Kier molecular flexibility index (Phi) is 8.80. The van der Waals surface area contributed by atoms with E-state index in [1.807, 2.05) is 0 Å². The Labute approximate surface area is 372 Å². The Morgan fingerprint density at radius 2 is 0.812 bits per heavy atom. The van der Waals surface area contributed by atoms with Gasteiger partial charge < -0.3 is 0 Å². The summed E-state index contributed by atoms with van der Waals surface area (Å²) in [6, 6.07) is 77.9. The zero-order chi connectivity index (χ0) is 42.8. The van der Waals surface area contributed by atoms with Gasteiger partial charge >= 0.3 is 0 Å². The van der Waals surface area contributed by atoms with Crippen molar-refractivity contribution in [3.63, 3.8) is 0 Å². The molecule has 0 unspecified atom stereocenters. The fraction of sp³-hybridized carbons (Fsp3) is 0.0500. The first-order chi connectivity index (χ1) is 31.5. The third-order valence-corrected chi connectivity index (χ3v) is 13.0. The number of hydrogen-bond donors (Lipinski definition) is 0. The average molecular weight is 819 g/mol. The lowest BCUT2D eigenvalue weighted by Gasteiger charge is -2.21. The highest BCUT2D eigenvalue weighted by Crippen LogP contribution is 2.52. The second-order valence-corrected chi connectivity index (χ2v) is 17.2. The second kappa shape index (κ2) is 15.0. The standard InChI is InChI=1S/C60H42N4/c1-60(2)52-32-16-15-31-48(52)50-37-51-54(38-53(50)60)64(55-36-47(41-23-11-5-12-24-41)35-49(56(51)55)42-25-13-6-14-26-42)59-62-57(45-29-17-27-43(33-45)39-19-7-3-8-20-39)61-58(63-59)46-30-18-28-44(34-46)40-21-9-4-10-22-40/h3-38H,1-2H3. The molecule has 11 aromatic rings. The van der Waals surface area contributed by atoms with E-state index in [0.29, 0.717) is 17.6 Å². The normalized spacial score (nSPS) is 12.7. The van der Waals surface area contributed by atoms with Crippen molar-refractivity contribution in [1.29, 1.82) is 0 Å². The molecular weight excluding hydrogens is 777 g/mol. The van der Waals surface area contributed by atoms with E-state index in [0.717, 1.165) is 77.4 Å². The van der Waals surface area contributed by atoms with Gasteiger partial charge in [-0.15, -0.1) is 0 Å². The summed E-state index contributed by atoms with van der Waals surface area (Å²) in [7, 11) is 0. The molecule has 0 bridgehead atoms. The maximum absolute atomic E-state index is 5.50. The minimum Gasteiger partial charge on any atom is -0.278 e. The highest BCUT2D eigenvalue weighted by Gasteiger charge is 2.36. The molecule has 0 fully saturated rings. The zero-order valence-electron chi connectivity index (χ0n) is 35.6. The molecule has 302 valence electrons. The van der Waals surface area contributed by atoms with E-state index in [-0.39, 0.29) is 5.41 Å². The predicted molar refractivity (Wildman–Crippen MR) is 264 cm³/mol. The summed E-state index contributed by atoms with van der Waals surface area (Å²) >= 11 is 0. The molecule has 4 nitrogen and oxygen atoms in total. The number of hydrogen-bond acceptors (Lipinski definition) is 3. The molecule has 0 spiro atoms. The molecule has 4 heteroatoms. The van der Waals surface area contributed by atoms with Gasteiger partial charge in [0.15, 0.2) is 11.6 Å². The van der Waals surface area contributed by atoms with Gasteiger partial charge in [-0.05, 0) is 103 Å². The van der Waals surface area contributed by atoms with Crippen LogP contribution < -0.4 is 0 Å². The Morgan fingerprint density at radius 3 is 1.39 bits per heavy atom. The van der Waals surface area contributed by atoms with Crippen LogP contribution in [0, 0.1) is 0 Å². The molecule has 0 saturated heterocycles. The summed E-state index contributed by atoms with van der Waals surface area (Å²) < 4.78 is 2.31. The summed E-state index contributed by atoms with van der Waals surface area (Å²) in [4.78, 5) is 16.3. The minimum atomic E-state index is -0.218. The Hall–Kier alpha value is -8.21. The molecule has 2 heterocycles. The fourth-order valence-corrected chi connectivity index (χ4v) is 9.86. The van der Waals surface area contributed by atoms with Crippen molar-refractivity contribution >= 4 is 21.8 Å². The van der Waals surface area contributed by atoms with Gasteiger partial charge in [0.2, 0.25) is 5.95 Å². The Bertz CT molecular complexity index is 3450. The van der Waals surface area contributed by atoms with Crippen LogP contribution in [0.4, 0.5) is 0 Å². The van der Waals surface area contributed by atoms with Crippen LogP contribution in [0.2, 0.25) is 0 Å². The lowest BCUT2D eigenvalue weighted by atomic mass is 9.82. The summed E-state index contributed by atoms with van der Waals surface area (Å²) in [6.45, 7) is 4.69. The summed E-state index contributed by atoms with van der Waals surface area (Å²) in [5.74, 6) is 1.77. The van der Waals surface area contributed by atoms with Gasteiger partial charge in [0.1, 0.15) is 0 Å². The van der Waals surface area contributed by atoms with E-state index in [4.69, 9.17) is 15.0 Å². The van der Waals surface area contributed by atoms with Crippen molar-refractivity contribution < 1.29 is 0 Å². The van der Waals surface area contributed by atoms with Crippen LogP contribution in [0.5, 0.6) is 0 Å². The van der Waals surface area contributed by atoms with Crippen LogP contribution in [0.1, 0.15) is 25.0 Å². The third-order valence-electron chi connectivity index (χ3n) is 13.0. The molecule has 0 saturated carbocycles. The third kappa shape index (κ3) is 6.26. The maximum Gasteiger partial charge on any atom is 0.238 e. The van der Waals surface area contributed by atoms with E-state index in [9.17, 15) is 0 Å². The summed E-state index contributed by atoms with van der Waals surface area (Å²) in [6.07, 6.45) is 0. The van der Waals surface area contributed by atoms with E-state index < -0.39 is 0 Å². The van der Waals surface area contributed by atoms with Gasteiger partial charge in [-0.2, -0.15) is 9.97 Å². The zero-order valence-corrected chi connectivity index (χ0v) is 35.6. The maximum atomic E-state index is 5.50. The van der Waals surface area contributed by atoms with Crippen molar-refractivity contribution in [2.75, 3.05) is 0 Å². The largest absolute Gasteiger partial charge is 0.278 e. The molecule has 9 aromatic carbocycles. The molecule has 0 radical (unpaired) electrons. The molecule has 0 atom stereocenters. The average Bonchev–Trinajstić information content (AvgIpc) is 3.81. The van der Waals surface area contributed by atoms with E-state index in [2.05, 4.69) is 237 Å². The molecule has 1 aliphatic rings. The van der Waals surface area contributed by atoms with Crippen molar-refractivity contribution in [3.8, 4) is 84.4 Å². The van der Waals surface area contributed by atoms with Crippen LogP contribution in [-0.2, 0) is 5.41 Å². The van der Waals surface area contributed by atoms with Gasteiger partial charge in [0.25, 0.3) is 0 Å². The minimum absolute atomic E-state index is 0.218. The molecule has 64 heavy (non-hydrogen) atoms. The number of benzene rings is 9. The Morgan fingerprint density at radius 1 is 0.328 bits per heavy atom. The topological polar surface area (TPSA) is 43.6 Å². The van der Waals surface area contributed by atoms with Gasteiger partial charge in [-0.3, -0.25) is 4.57 Å². The lowest BCUT2D eigenvalue weighted by Crippen LogP contribution is -2.15.